The molecule has 3 heterocycles. The molecule has 2 aliphatic carbocycles. The van der Waals surface area contributed by atoms with Gasteiger partial charge in [-0.2, -0.15) is 4.80 Å². The van der Waals surface area contributed by atoms with E-state index in [1.165, 1.54) is 4.80 Å². The van der Waals surface area contributed by atoms with Crippen molar-refractivity contribution in [2.75, 3.05) is 0 Å². The van der Waals surface area contributed by atoms with Crippen LogP contribution in [0.25, 0.3) is 11.6 Å². The molecule has 0 unspecified atom stereocenters. The zero-order valence-corrected chi connectivity index (χ0v) is 20.3. The summed E-state index contributed by atoms with van der Waals surface area (Å²) in [7, 11) is 0. The minimum absolute atomic E-state index is 0.0528. The predicted molar refractivity (Wildman–Crippen MR) is 126 cm³/mol. The minimum atomic E-state index is -0.837. The number of carbonyl (C=O) groups excluding carboxylic acids is 2. The number of tetrazole rings is 1. The van der Waals surface area contributed by atoms with E-state index in [-0.39, 0.29) is 30.4 Å². The zero-order chi connectivity index (χ0) is 24.4. The van der Waals surface area contributed by atoms with Crippen molar-refractivity contribution in [3.63, 3.8) is 0 Å². The van der Waals surface area contributed by atoms with Gasteiger partial charge in [0.25, 0.3) is 5.91 Å². The second-order valence-electron chi connectivity index (χ2n) is 9.63. The van der Waals surface area contributed by atoms with Gasteiger partial charge in [-0.15, -0.1) is 10.2 Å². The lowest BCUT2D eigenvalue weighted by atomic mass is 10.1. The number of hydrogen-bond acceptors (Lipinski definition) is 7. The molecule has 2 aliphatic rings. The summed E-state index contributed by atoms with van der Waals surface area (Å²) in [4.78, 5) is 30.4. The highest BCUT2D eigenvalue weighted by Gasteiger charge is 2.40. The van der Waals surface area contributed by atoms with Crippen LogP contribution in [0.15, 0.2) is 33.1 Å². The van der Waals surface area contributed by atoms with E-state index in [1.54, 1.807) is 17.0 Å². The van der Waals surface area contributed by atoms with Crippen molar-refractivity contribution in [3.05, 3.63) is 41.5 Å². The van der Waals surface area contributed by atoms with Gasteiger partial charge in [0.05, 0.1) is 0 Å². The molecule has 0 bridgehead atoms. The van der Waals surface area contributed by atoms with Crippen LogP contribution in [-0.4, -0.2) is 49.0 Å². The molecular weight excluding hydrogens is 448 g/mol. The van der Waals surface area contributed by atoms with E-state index < -0.39 is 6.04 Å². The van der Waals surface area contributed by atoms with Gasteiger partial charge in [0.15, 0.2) is 11.8 Å². The molecule has 10 heteroatoms. The van der Waals surface area contributed by atoms with E-state index >= 15 is 0 Å². The van der Waals surface area contributed by atoms with Gasteiger partial charge in [0.2, 0.25) is 11.7 Å². The topological polar surface area (TPSA) is 119 Å². The monoisotopic (exact) mass is 480 g/mol. The molecule has 2 fully saturated rings. The van der Waals surface area contributed by atoms with Crippen LogP contribution >= 0.6 is 0 Å². The lowest BCUT2D eigenvalue weighted by Gasteiger charge is -2.35. The van der Waals surface area contributed by atoms with Crippen molar-refractivity contribution in [1.29, 1.82) is 0 Å². The number of hydrogen-bond donors (Lipinski definition) is 1. The maximum absolute atomic E-state index is 13.8. The van der Waals surface area contributed by atoms with Crippen LogP contribution in [0.4, 0.5) is 0 Å². The number of furan rings is 2. The Morgan fingerprint density at radius 1 is 1.03 bits per heavy atom. The van der Waals surface area contributed by atoms with Crippen LogP contribution < -0.4 is 5.32 Å². The summed E-state index contributed by atoms with van der Waals surface area (Å²) >= 11 is 0. The smallest absolute Gasteiger partial charge is 0.250 e. The first-order valence-corrected chi connectivity index (χ1v) is 12.5. The number of aromatic nitrogens is 4. The number of carbonyl (C=O) groups is 2. The fourth-order valence-corrected chi connectivity index (χ4v) is 5.25. The molecule has 3 aromatic heterocycles. The van der Waals surface area contributed by atoms with Crippen molar-refractivity contribution in [1.82, 2.24) is 30.4 Å². The van der Waals surface area contributed by atoms with Crippen LogP contribution in [0.3, 0.4) is 0 Å². The molecule has 3 aromatic rings. The molecule has 1 N–H and O–H groups in total. The number of nitrogens with one attached hydrogen (secondary N) is 1. The van der Waals surface area contributed by atoms with Crippen LogP contribution in [-0.2, 0) is 16.1 Å². The van der Waals surface area contributed by atoms with E-state index in [1.807, 2.05) is 26.0 Å². The first-order valence-electron chi connectivity index (χ1n) is 12.5. The maximum Gasteiger partial charge on any atom is 0.250 e. The van der Waals surface area contributed by atoms with Crippen LogP contribution in [0.2, 0.25) is 0 Å². The summed E-state index contributed by atoms with van der Waals surface area (Å²) in [5.74, 6) is 2.31. The van der Waals surface area contributed by atoms with Gasteiger partial charge < -0.3 is 19.1 Å². The van der Waals surface area contributed by atoms with E-state index in [4.69, 9.17) is 8.83 Å². The second kappa shape index (κ2) is 10.1. The average molecular weight is 481 g/mol. The number of amides is 2. The van der Waals surface area contributed by atoms with Crippen molar-refractivity contribution in [3.8, 4) is 11.6 Å². The molecule has 0 aliphatic heterocycles. The van der Waals surface area contributed by atoms with Crippen molar-refractivity contribution in [2.24, 2.45) is 0 Å². The Morgan fingerprint density at radius 3 is 2.37 bits per heavy atom. The fraction of sp³-hybridized carbons (Fsp3) is 0.560. The highest BCUT2D eigenvalue weighted by molar-refractivity contribution is 5.88. The maximum atomic E-state index is 13.8. The molecule has 0 radical (unpaired) electrons. The lowest BCUT2D eigenvalue weighted by Crippen LogP contribution is -2.50. The standard InChI is InChI=1S/C25H32N6O4/c1-16-11-13-20(34-16)23(25(33)26-18-7-3-4-8-18)31(19-9-5-6-10-19)22(32)15-30-28-24(27-29-30)21-14-12-17(2)35-21/h11-14,18-19,23H,3-10,15H2,1-2H3,(H,26,33)/t23-/m0/s1. The summed E-state index contributed by atoms with van der Waals surface area (Å²) in [5.41, 5.74) is 0. The van der Waals surface area contributed by atoms with Crippen molar-refractivity contribution in [2.45, 2.75) is 89.9 Å². The molecule has 35 heavy (non-hydrogen) atoms. The van der Waals surface area contributed by atoms with Gasteiger partial charge in [-0.25, -0.2) is 0 Å². The van der Waals surface area contributed by atoms with E-state index in [9.17, 15) is 9.59 Å². The zero-order valence-electron chi connectivity index (χ0n) is 20.3. The van der Waals surface area contributed by atoms with Gasteiger partial charge in [0, 0.05) is 12.1 Å². The first-order chi connectivity index (χ1) is 17.0. The Balaban J connectivity index is 1.42. The summed E-state index contributed by atoms with van der Waals surface area (Å²) in [5, 5.41) is 15.6. The third-order valence-electron chi connectivity index (χ3n) is 6.96. The summed E-state index contributed by atoms with van der Waals surface area (Å²) in [6.45, 7) is 3.55. The molecule has 0 aromatic carbocycles. The Kier molecular flexibility index (Phi) is 6.70. The van der Waals surface area contributed by atoms with E-state index in [0.717, 1.165) is 57.1 Å². The Morgan fingerprint density at radius 2 is 1.71 bits per heavy atom. The van der Waals surface area contributed by atoms with E-state index in [0.29, 0.717) is 23.1 Å². The quantitative estimate of drug-likeness (QED) is 0.522. The minimum Gasteiger partial charge on any atom is -0.464 e. The van der Waals surface area contributed by atoms with Crippen LogP contribution in [0.5, 0.6) is 0 Å². The number of nitrogens with zero attached hydrogens (tertiary/aromatic N) is 5. The molecule has 1 atom stereocenters. The van der Waals surface area contributed by atoms with Crippen LogP contribution in [0.1, 0.15) is 74.7 Å². The largest absolute Gasteiger partial charge is 0.464 e. The summed E-state index contributed by atoms with van der Waals surface area (Å²) in [6.07, 6.45) is 7.88. The molecule has 186 valence electrons. The van der Waals surface area contributed by atoms with Gasteiger partial charge in [-0.3, -0.25) is 9.59 Å². The van der Waals surface area contributed by atoms with Gasteiger partial charge in [-0.1, -0.05) is 25.7 Å². The lowest BCUT2D eigenvalue weighted by molar-refractivity contribution is -0.145. The summed E-state index contributed by atoms with van der Waals surface area (Å²) < 4.78 is 11.5. The van der Waals surface area contributed by atoms with E-state index in [2.05, 4.69) is 20.7 Å². The highest BCUT2D eigenvalue weighted by atomic mass is 16.3. The van der Waals surface area contributed by atoms with Crippen molar-refractivity contribution < 1.29 is 18.4 Å². The highest BCUT2D eigenvalue weighted by Crippen LogP contribution is 2.33. The van der Waals surface area contributed by atoms with Gasteiger partial charge in [0.1, 0.15) is 23.8 Å². The molecule has 0 spiro atoms. The Hall–Kier alpha value is -3.43. The molecule has 2 saturated carbocycles. The average Bonchev–Trinajstić information content (AvgIpc) is 3.62. The molecule has 10 nitrogen and oxygen atoms in total. The Labute approximate surface area is 204 Å². The fourth-order valence-electron chi connectivity index (χ4n) is 5.25. The third-order valence-corrected chi connectivity index (χ3v) is 6.96. The predicted octanol–water partition coefficient (Wildman–Crippen LogP) is 3.71. The first kappa shape index (κ1) is 23.3. The summed E-state index contributed by atoms with van der Waals surface area (Å²) in [6, 6.07) is 6.47. The Bertz CT molecular complexity index is 1170. The van der Waals surface area contributed by atoms with Crippen LogP contribution in [0, 0.1) is 13.8 Å². The molecular formula is C25H32N6O4. The second-order valence-corrected chi connectivity index (χ2v) is 9.63. The normalized spacial score (nSPS) is 17.7. The number of rotatable bonds is 8. The van der Waals surface area contributed by atoms with Crippen molar-refractivity contribution >= 4 is 11.8 Å². The van der Waals surface area contributed by atoms with Gasteiger partial charge in [-0.05, 0) is 69.0 Å². The third kappa shape index (κ3) is 5.16. The van der Waals surface area contributed by atoms with Gasteiger partial charge >= 0.3 is 0 Å². The number of aryl methyl sites for hydroxylation is 2. The molecule has 2 amide bonds. The molecule has 5 rings (SSSR count). The molecule has 0 saturated heterocycles. The SMILES string of the molecule is Cc1ccc(-c2nnn(CC(=O)N(C3CCCC3)[C@H](C(=O)NC3CCCC3)c3ccc(C)o3)n2)o1.